The number of halogens is 2. The van der Waals surface area contributed by atoms with Gasteiger partial charge in [0.15, 0.2) is 16.3 Å². The summed E-state index contributed by atoms with van der Waals surface area (Å²) < 4.78 is 25.0. The predicted octanol–water partition coefficient (Wildman–Crippen LogP) is 6.37. The van der Waals surface area contributed by atoms with Crippen LogP contribution >= 0.6 is 38.9 Å². The maximum absolute atomic E-state index is 14.0. The van der Waals surface area contributed by atoms with E-state index in [2.05, 4.69) is 20.9 Å². The zero-order valence-corrected chi connectivity index (χ0v) is 29.3. The Balaban J connectivity index is 1.52. The third-order valence-corrected chi connectivity index (χ3v) is 9.11. The predicted molar refractivity (Wildman–Crippen MR) is 184 cm³/mol. The molecule has 0 saturated heterocycles. The van der Waals surface area contributed by atoms with Crippen LogP contribution in [0.1, 0.15) is 60.8 Å². The number of esters is 2. The molecule has 0 N–H and O–H groups in total. The molecular formula is C35H32BrClN2O7S. The smallest absolute Gasteiger partial charge is 0.338 e. The van der Waals surface area contributed by atoms with Gasteiger partial charge in [-0.05, 0) is 96.7 Å². The van der Waals surface area contributed by atoms with Crippen molar-refractivity contribution in [2.75, 3.05) is 19.8 Å². The lowest BCUT2D eigenvalue weighted by molar-refractivity contribution is -0.139. The molecule has 1 aliphatic heterocycles. The molecule has 244 valence electrons. The Labute approximate surface area is 288 Å². The molecule has 5 rings (SSSR count). The van der Waals surface area contributed by atoms with Crippen LogP contribution in [0.15, 0.2) is 86.2 Å². The number of carbonyl (C=O) groups is 2. The first kappa shape index (κ1) is 34.2. The summed E-state index contributed by atoms with van der Waals surface area (Å²) in [6, 6.07) is 16.9. The largest absolute Gasteiger partial charge is 0.490 e. The van der Waals surface area contributed by atoms with Gasteiger partial charge in [-0.25, -0.2) is 14.6 Å². The summed E-state index contributed by atoms with van der Waals surface area (Å²) in [5.41, 5.74) is 2.99. The Hall–Kier alpha value is -4.19. The van der Waals surface area contributed by atoms with E-state index in [1.807, 2.05) is 19.1 Å². The van der Waals surface area contributed by atoms with E-state index in [4.69, 9.17) is 30.5 Å². The van der Waals surface area contributed by atoms with Gasteiger partial charge in [0.1, 0.15) is 12.6 Å². The maximum atomic E-state index is 14.0. The van der Waals surface area contributed by atoms with E-state index in [0.717, 1.165) is 5.56 Å². The topological polar surface area (TPSA) is 105 Å². The summed E-state index contributed by atoms with van der Waals surface area (Å²) in [5, 5.41) is 0.416. The zero-order valence-electron chi connectivity index (χ0n) is 26.2. The molecule has 12 heteroatoms. The summed E-state index contributed by atoms with van der Waals surface area (Å²) in [6.45, 7) is 8.18. The summed E-state index contributed by atoms with van der Waals surface area (Å²) in [4.78, 5) is 44.2. The molecule has 0 aliphatic carbocycles. The van der Waals surface area contributed by atoms with Crippen LogP contribution < -0.4 is 24.4 Å². The number of hydrogen-bond acceptors (Lipinski definition) is 9. The molecule has 0 bridgehead atoms. The standard InChI is InChI=1S/C35H32BrClN2O7S/c1-5-43-27-17-22(16-25(36)31(27)46-19-21-12-14-23(15-13-21)33(41)44-6-2)18-28-32(40)39-30(24-10-8-9-11-26(24)37)29(34(42)45-7-3)20(4)38-35(39)47-28/h8-18,30H,5-7,19H2,1-4H3/b28-18-/t30-/m0/s1. The van der Waals surface area contributed by atoms with Crippen LogP contribution in [0.25, 0.3) is 6.08 Å². The second-order valence-corrected chi connectivity index (χ2v) is 12.6. The second-order valence-electron chi connectivity index (χ2n) is 10.3. The van der Waals surface area contributed by atoms with Crippen molar-refractivity contribution in [2.45, 2.75) is 40.3 Å². The molecule has 1 aromatic heterocycles. The number of nitrogens with zero attached hydrogens (tertiary/aromatic N) is 2. The van der Waals surface area contributed by atoms with Gasteiger partial charge in [-0.15, -0.1) is 0 Å². The molecule has 1 atom stereocenters. The minimum atomic E-state index is -0.811. The molecule has 0 spiro atoms. The molecule has 4 aromatic rings. The van der Waals surface area contributed by atoms with Crippen molar-refractivity contribution >= 4 is 56.9 Å². The minimum Gasteiger partial charge on any atom is -0.490 e. The molecule has 47 heavy (non-hydrogen) atoms. The van der Waals surface area contributed by atoms with Gasteiger partial charge in [0.2, 0.25) is 0 Å². The first-order valence-corrected chi connectivity index (χ1v) is 16.9. The second kappa shape index (κ2) is 15.1. The Morgan fingerprint density at radius 2 is 1.68 bits per heavy atom. The number of fused-ring (bicyclic) bond motifs is 1. The minimum absolute atomic E-state index is 0.174. The number of hydrogen-bond donors (Lipinski definition) is 0. The summed E-state index contributed by atoms with van der Waals surface area (Å²) in [6.07, 6.45) is 1.75. The van der Waals surface area contributed by atoms with E-state index in [0.29, 0.717) is 65.9 Å². The van der Waals surface area contributed by atoms with Gasteiger partial charge in [-0.3, -0.25) is 9.36 Å². The van der Waals surface area contributed by atoms with Crippen LogP contribution in [0.2, 0.25) is 5.02 Å². The van der Waals surface area contributed by atoms with E-state index in [1.54, 1.807) is 75.4 Å². The van der Waals surface area contributed by atoms with E-state index in [1.165, 1.54) is 15.9 Å². The van der Waals surface area contributed by atoms with Crippen LogP contribution in [0.5, 0.6) is 11.5 Å². The van der Waals surface area contributed by atoms with Crippen LogP contribution in [-0.2, 0) is 20.9 Å². The van der Waals surface area contributed by atoms with E-state index in [-0.39, 0.29) is 30.3 Å². The third kappa shape index (κ3) is 7.37. The highest BCUT2D eigenvalue weighted by atomic mass is 79.9. The SMILES string of the molecule is CCOC(=O)C1=C(C)N=c2s/c(=C\c3cc(Br)c(OCc4ccc(C(=O)OCC)cc4)c(OCC)c3)c(=O)n2[C@H]1c1ccccc1Cl. The molecule has 9 nitrogen and oxygen atoms in total. The fourth-order valence-electron chi connectivity index (χ4n) is 5.12. The van der Waals surface area contributed by atoms with Gasteiger partial charge in [0, 0.05) is 5.02 Å². The quantitative estimate of drug-likeness (QED) is 0.165. The molecule has 2 heterocycles. The van der Waals surface area contributed by atoms with Crippen LogP contribution in [0.4, 0.5) is 0 Å². The zero-order chi connectivity index (χ0) is 33.7. The molecular weight excluding hydrogens is 708 g/mol. The number of carbonyl (C=O) groups excluding carboxylic acids is 2. The van der Waals surface area contributed by atoms with Gasteiger partial charge in [0.25, 0.3) is 5.56 Å². The average molecular weight is 740 g/mol. The highest BCUT2D eigenvalue weighted by molar-refractivity contribution is 9.10. The molecule has 0 radical (unpaired) electrons. The lowest BCUT2D eigenvalue weighted by atomic mass is 9.96. The first-order valence-electron chi connectivity index (χ1n) is 15.0. The molecule has 0 saturated carbocycles. The lowest BCUT2D eigenvalue weighted by Crippen LogP contribution is -2.40. The highest BCUT2D eigenvalue weighted by Gasteiger charge is 2.34. The molecule has 0 fully saturated rings. The number of allylic oxidation sites excluding steroid dienone is 1. The molecule has 3 aromatic carbocycles. The Bertz CT molecular complexity index is 2040. The van der Waals surface area contributed by atoms with Crippen molar-refractivity contribution < 1.29 is 28.5 Å². The van der Waals surface area contributed by atoms with Crippen molar-refractivity contribution in [2.24, 2.45) is 4.99 Å². The van der Waals surface area contributed by atoms with Gasteiger partial charge in [-0.1, -0.05) is 53.3 Å². The fraction of sp³-hybridized carbons (Fsp3) is 0.257. The van der Waals surface area contributed by atoms with Crippen molar-refractivity contribution in [1.29, 1.82) is 0 Å². The highest BCUT2D eigenvalue weighted by Crippen LogP contribution is 2.38. The number of thiazole rings is 1. The maximum Gasteiger partial charge on any atom is 0.338 e. The number of ether oxygens (including phenoxy) is 4. The molecule has 0 amide bonds. The van der Waals surface area contributed by atoms with Gasteiger partial charge in [-0.2, -0.15) is 0 Å². The van der Waals surface area contributed by atoms with Crippen molar-refractivity contribution in [3.05, 3.63) is 123 Å². The summed E-state index contributed by atoms with van der Waals surface area (Å²) in [5.74, 6) is 0.0499. The van der Waals surface area contributed by atoms with Gasteiger partial charge >= 0.3 is 11.9 Å². The summed E-state index contributed by atoms with van der Waals surface area (Å²) >= 11 is 11.4. The summed E-state index contributed by atoms with van der Waals surface area (Å²) in [7, 11) is 0. The molecule has 0 unspecified atom stereocenters. The van der Waals surface area contributed by atoms with Crippen molar-refractivity contribution in [3.8, 4) is 11.5 Å². The van der Waals surface area contributed by atoms with Crippen LogP contribution in [0, 0.1) is 0 Å². The van der Waals surface area contributed by atoms with Gasteiger partial charge < -0.3 is 18.9 Å². The first-order chi connectivity index (χ1) is 22.7. The lowest BCUT2D eigenvalue weighted by Gasteiger charge is -2.25. The Morgan fingerprint density at radius 1 is 0.979 bits per heavy atom. The Kier molecular flexibility index (Phi) is 11.0. The van der Waals surface area contributed by atoms with Crippen molar-refractivity contribution in [1.82, 2.24) is 4.57 Å². The van der Waals surface area contributed by atoms with Crippen LogP contribution in [-0.4, -0.2) is 36.3 Å². The normalized spacial score (nSPS) is 14.3. The fourth-order valence-corrected chi connectivity index (χ4v) is 6.98. The number of aromatic nitrogens is 1. The van der Waals surface area contributed by atoms with E-state index < -0.39 is 12.0 Å². The monoisotopic (exact) mass is 738 g/mol. The third-order valence-electron chi connectivity index (χ3n) is 7.19. The molecule has 1 aliphatic rings. The van der Waals surface area contributed by atoms with Crippen LogP contribution in [0.3, 0.4) is 0 Å². The van der Waals surface area contributed by atoms with E-state index in [9.17, 15) is 14.4 Å². The number of rotatable bonds is 11. The average Bonchev–Trinajstić information content (AvgIpc) is 3.34. The van der Waals surface area contributed by atoms with E-state index >= 15 is 0 Å². The van der Waals surface area contributed by atoms with Gasteiger partial charge in [0.05, 0.1) is 45.7 Å². The number of benzene rings is 3. The van der Waals surface area contributed by atoms with Crippen molar-refractivity contribution in [3.63, 3.8) is 0 Å². The Morgan fingerprint density at radius 3 is 2.36 bits per heavy atom.